The molecule has 0 N–H and O–H groups in total. The fourth-order valence-electron chi connectivity index (χ4n) is 3.16. The minimum absolute atomic E-state index is 0.0866. The van der Waals surface area contributed by atoms with Gasteiger partial charge in [-0.2, -0.15) is 0 Å². The lowest BCUT2D eigenvalue weighted by molar-refractivity contribution is 0.0708. The first-order valence-corrected chi connectivity index (χ1v) is 8.61. The lowest BCUT2D eigenvalue weighted by atomic mass is 9.97. The molecule has 1 aliphatic rings. The van der Waals surface area contributed by atoms with Crippen LogP contribution < -0.4 is 0 Å². The van der Waals surface area contributed by atoms with Gasteiger partial charge in [-0.3, -0.25) is 9.20 Å². The number of aryl methyl sites for hydroxylation is 1. The molecule has 4 rings (SSSR count). The third-order valence-electron chi connectivity index (χ3n) is 4.35. The van der Waals surface area contributed by atoms with Crippen molar-refractivity contribution in [1.82, 2.24) is 24.5 Å². The summed E-state index contributed by atoms with van der Waals surface area (Å²) >= 11 is 1.42. The Labute approximate surface area is 137 Å². The molecule has 0 bridgehead atoms. The summed E-state index contributed by atoms with van der Waals surface area (Å²) in [6, 6.07) is 5.88. The molecule has 7 heteroatoms. The number of pyridine rings is 1. The monoisotopic (exact) mass is 327 g/mol. The van der Waals surface area contributed by atoms with Gasteiger partial charge in [0.1, 0.15) is 10.7 Å². The first kappa shape index (κ1) is 14.3. The molecule has 23 heavy (non-hydrogen) atoms. The molecule has 0 spiro atoms. The van der Waals surface area contributed by atoms with E-state index in [0.29, 0.717) is 6.54 Å². The number of thiazole rings is 1. The number of aromatic nitrogens is 4. The predicted octanol–water partition coefficient (Wildman–Crippen LogP) is 2.51. The Morgan fingerprint density at radius 1 is 1.35 bits per heavy atom. The largest absolute Gasteiger partial charge is 0.337 e. The fraction of sp³-hybridized carbons (Fsp3) is 0.375. The number of piperidine rings is 1. The number of likely N-dealkylation sites (tertiary alicyclic amines) is 1. The van der Waals surface area contributed by atoms with Gasteiger partial charge in [-0.05, 0) is 31.9 Å². The van der Waals surface area contributed by atoms with Gasteiger partial charge in [-0.15, -0.1) is 21.5 Å². The lowest BCUT2D eigenvalue weighted by Gasteiger charge is -2.31. The van der Waals surface area contributed by atoms with Crippen LogP contribution in [-0.2, 0) is 0 Å². The molecule has 1 amide bonds. The highest BCUT2D eigenvalue weighted by molar-refractivity contribution is 7.11. The van der Waals surface area contributed by atoms with E-state index in [0.717, 1.165) is 41.4 Å². The molecule has 1 fully saturated rings. The molecule has 1 atom stereocenters. The average Bonchev–Trinajstić information content (AvgIpc) is 3.20. The van der Waals surface area contributed by atoms with Crippen LogP contribution in [0.3, 0.4) is 0 Å². The second-order valence-electron chi connectivity index (χ2n) is 5.84. The Morgan fingerprint density at radius 2 is 2.26 bits per heavy atom. The summed E-state index contributed by atoms with van der Waals surface area (Å²) in [5.74, 6) is 1.25. The molecule has 3 aromatic heterocycles. The Hall–Kier alpha value is -2.28. The average molecular weight is 327 g/mol. The summed E-state index contributed by atoms with van der Waals surface area (Å²) in [6.45, 7) is 3.37. The maximum Gasteiger partial charge on any atom is 0.265 e. The van der Waals surface area contributed by atoms with Gasteiger partial charge in [-0.25, -0.2) is 4.98 Å². The van der Waals surface area contributed by atoms with Crippen molar-refractivity contribution in [2.75, 3.05) is 13.1 Å². The zero-order valence-corrected chi connectivity index (χ0v) is 13.7. The molecule has 6 nitrogen and oxygen atoms in total. The number of hydrogen-bond acceptors (Lipinski definition) is 5. The van der Waals surface area contributed by atoms with Gasteiger partial charge < -0.3 is 4.90 Å². The van der Waals surface area contributed by atoms with Crippen molar-refractivity contribution in [2.24, 2.45) is 0 Å². The minimum Gasteiger partial charge on any atom is -0.337 e. The van der Waals surface area contributed by atoms with Crippen LogP contribution in [0, 0.1) is 6.92 Å². The molecule has 3 aromatic rings. The first-order chi connectivity index (χ1) is 11.2. The molecule has 0 aromatic carbocycles. The van der Waals surface area contributed by atoms with Gasteiger partial charge in [0.25, 0.3) is 5.91 Å². The van der Waals surface area contributed by atoms with Gasteiger partial charge in [0.05, 0.1) is 11.2 Å². The third-order valence-corrected chi connectivity index (χ3v) is 5.27. The van der Waals surface area contributed by atoms with E-state index in [9.17, 15) is 4.79 Å². The number of nitrogens with zero attached hydrogens (tertiary/aromatic N) is 5. The topological polar surface area (TPSA) is 63.4 Å². The fourth-order valence-corrected chi connectivity index (χ4v) is 3.93. The van der Waals surface area contributed by atoms with E-state index in [-0.39, 0.29) is 11.8 Å². The van der Waals surface area contributed by atoms with Crippen LogP contribution in [0.4, 0.5) is 0 Å². The minimum atomic E-state index is 0.0866. The number of carbonyl (C=O) groups is 1. The van der Waals surface area contributed by atoms with Crippen molar-refractivity contribution in [3.63, 3.8) is 0 Å². The van der Waals surface area contributed by atoms with Crippen molar-refractivity contribution < 1.29 is 4.79 Å². The summed E-state index contributed by atoms with van der Waals surface area (Å²) in [4.78, 5) is 19.6. The molecule has 0 radical (unpaired) electrons. The number of hydrogen-bond donors (Lipinski definition) is 0. The number of carbonyl (C=O) groups excluding carboxylic acids is 1. The quantitative estimate of drug-likeness (QED) is 0.725. The second kappa shape index (κ2) is 5.73. The molecular formula is C16H17N5OS. The van der Waals surface area contributed by atoms with Crippen LogP contribution in [-0.4, -0.2) is 43.5 Å². The van der Waals surface area contributed by atoms with Gasteiger partial charge in [-0.1, -0.05) is 6.07 Å². The van der Waals surface area contributed by atoms with E-state index in [1.807, 2.05) is 40.6 Å². The third kappa shape index (κ3) is 2.50. The van der Waals surface area contributed by atoms with Gasteiger partial charge in [0, 0.05) is 25.2 Å². The van der Waals surface area contributed by atoms with E-state index in [1.54, 1.807) is 5.51 Å². The summed E-state index contributed by atoms with van der Waals surface area (Å²) in [5.41, 5.74) is 3.40. The molecule has 1 saturated heterocycles. The molecule has 1 unspecified atom stereocenters. The van der Waals surface area contributed by atoms with Gasteiger partial charge in [0.15, 0.2) is 5.65 Å². The molecule has 1 aliphatic heterocycles. The number of rotatable bonds is 2. The van der Waals surface area contributed by atoms with E-state index in [1.165, 1.54) is 11.3 Å². The molecule has 4 heterocycles. The molecule has 118 valence electrons. The van der Waals surface area contributed by atoms with Crippen molar-refractivity contribution >= 4 is 22.9 Å². The zero-order valence-electron chi connectivity index (χ0n) is 12.8. The highest BCUT2D eigenvalue weighted by atomic mass is 32.1. The Balaban J connectivity index is 1.60. The molecule has 0 aliphatic carbocycles. The Morgan fingerprint density at radius 3 is 3.09 bits per heavy atom. The first-order valence-electron chi connectivity index (χ1n) is 7.73. The van der Waals surface area contributed by atoms with Crippen LogP contribution in [0.5, 0.6) is 0 Å². The lowest BCUT2D eigenvalue weighted by Crippen LogP contribution is -2.39. The number of amides is 1. The van der Waals surface area contributed by atoms with E-state index < -0.39 is 0 Å². The molecular weight excluding hydrogens is 310 g/mol. The highest BCUT2D eigenvalue weighted by Crippen LogP contribution is 2.28. The van der Waals surface area contributed by atoms with E-state index in [4.69, 9.17) is 0 Å². The SMILES string of the molecule is Cc1ncsc1C(=O)N1CCCC(c2nnc3ccccn23)C1. The summed E-state index contributed by atoms with van der Waals surface area (Å²) in [6.07, 6.45) is 4.00. The van der Waals surface area contributed by atoms with E-state index >= 15 is 0 Å². The summed E-state index contributed by atoms with van der Waals surface area (Å²) in [5, 5.41) is 8.59. The normalized spacial score (nSPS) is 18.5. The van der Waals surface area contributed by atoms with Crippen molar-refractivity contribution in [2.45, 2.75) is 25.7 Å². The van der Waals surface area contributed by atoms with Crippen molar-refractivity contribution in [3.05, 3.63) is 46.3 Å². The van der Waals surface area contributed by atoms with Crippen molar-refractivity contribution in [3.8, 4) is 0 Å². The summed E-state index contributed by atoms with van der Waals surface area (Å²) in [7, 11) is 0. The highest BCUT2D eigenvalue weighted by Gasteiger charge is 2.29. The zero-order chi connectivity index (χ0) is 15.8. The van der Waals surface area contributed by atoms with Gasteiger partial charge in [0.2, 0.25) is 0 Å². The maximum atomic E-state index is 12.7. The van der Waals surface area contributed by atoms with Crippen LogP contribution >= 0.6 is 11.3 Å². The smallest absolute Gasteiger partial charge is 0.265 e. The Bertz CT molecular complexity index is 855. The standard InChI is InChI=1S/C16H17N5OS/c1-11-14(23-10-17-11)16(22)20-7-4-5-12(9-20)15-19-18-13-6-2-3-8-21(13)15/h2-3,6,8,10,12H,4-5,7,9H2,1H3. The van der Waals surface area contributed by atoms with Crippen LogP contribution in [0.25, 0.3) is 5.65 Å². The van der Waals surface area contributed by atoms with Crippen LogP contribution in [0.15, 0.2) is 29.9 Å². The van der Waals surface area contributed by atoms with Crippen LogP contribution in [0.2, 0.25) is 0 Å². The van der Waals surface area contributed by atoms with Crippen molar-refractivity contribution in [1.29, 1.82) is 0 Å². The maximum absolute atomic E-state index is 12.7. The second-order valence-corrected chi connectivity index (χ2v) is 6.70. The number of fused-ring (bicyclic) bond motifs is 1. The Kier molecular flexibility index (Phi) is 3.57. The predicted molar refractivity (Wildman–Crippen MR) is 87.7 cm³/mol. The van der Waals surface area contributed by atoms with Crippen LogP contribution in [0.1, 0.15) is 39.9 Å². The summed E-state index contributed by atoms with van der Waals surface area (Å²) < 4.78 is 2.02. The van der Waals surface area contributed by atoms with Gasteiger partial charge >= 0.3 is 0 Å². The molecule has 0 saturated carbocycles. The van der Waals surface area contributed by atoms with E-state index in [2.05, 4.69) is 15.2 Å².